The highest BCUT2D eigenvalue weighted by Crippen LogP contribution is 2.32. The zero-order valence-corrected chi connectivity index (χ0v) is 14.7. The number of ether oxygens (including phenoxy) is 1. The van der Waals surface area contributed by atoms with E-state index in [1.165, 1.54) is 6.08 Å². The summed E-state index contributed by atoms with van der Waals surface area (Å²) in [5.74, 6) is 0.0226. The Morgan fingerprint density at radius 3 is 2.76 bits per heavy atom. The molecule has 2 N–H and O–H groups in total. The van der Waals surface area contributed by atoms with E-state index in [0.717, 1.165) is 5.56 Å². The van der Waals surface area contributed by atoms with Crippen LogP contribution in [0.4, 0.5) is 11.4 Å². The monoisotopic (exact) mass is 376 g/mol. The van der Waals surface area contributed by atoms with Crippen LogP contribution in [-0.2, 0) is 9.59 Å². The predicted octanol–water partition coefficient (Wildman–Crippen LogP) is 4.36. The molecule has 0 fully saturated rings. The second-order valence-electron chi connectivity index (χ2n) is 5.46. The summed E-state index contributed by atoms with van der Waals surface area (Å²) in [6.07, 6.45) is 2.47. The Balaban J connectivity index is 1.69. The lowest BCUT2D eigenvalue weighted by atomic mass is 10.2. The fourth-order valence-electron chi connectivity index (χ4n) is 2.26. The Kier molecular flexibility index (Phi) is 4.97. The van der Waals surface area contributed by atoms with Crippen LogP contribution < -0.4 is 15.4 Å². The Hall–Kier alpha value is -2.50. The summed E-state index contributed by atoms with van der Waals surface area (Å²) < 4.78 is 5.47. The van der Waals surface area contributed by atoms with Crippen LogP contribution in [-0.4, -0.2) is 17.9 Å². The molecule has 2 amide bonds. The normalized spacial score (nSPS) is 16.1. The largest absolute Gasteiger partial charge is 0.479 e. The molecule has 0 saturated heterocycles. The number of carbonyl (C=O) groups excluding carboxylic acids is 2. The number of hydrogen-bond acceptors (Lipinski definition) is 3. The van der Waals surface area contributed by atoms with E-state index in [9.17, 15) is 9.59 Å². The zero-order valence-electron chi connectivity index (χ0n) is 13.2. The fourth-order valence-corrected chi connectivity index (χ4v) is 2.56. The maximum atomic E-state index is 12.0. The van der Waals surface area contributed by atoms with E-state index < -0.39 is 6.10 Å². The lowest BCUT2D eigenvalue weighted by Gasteiger charge is -2.23. The summed E-state index contributed by atoms with van der Waals surface area (Å²) >= 11 is 11.8. The van der Waals surface area contributed by atoms with E-state index in [-0.39, 0.29) is 11.8 Å². The minimum atomic E-state index is -0.540. The molecule has 0 bridgehead atoms. The first kappa shape index (κ1) is 17.3. The maximum absolute atomic E-state index is 12.0. The van der Waals surface area contributed by atoms with Gasteiger partial charge >= 0.3 is 0 Å². The molecule has 25 heavy (non-hydrogen) atoms. The summed E-state index contributed by atoms with van der Waals surface area (Å²) in [5, 5.41) is 6.33. The number of halogens is 2. The van der Waals surface area contributed by atoms with Crippen molar-refractivity contribution in [3.63, 3.8) is 0 Å². The molecule has 0 saturated carbocycles. The van der Waals surface area contributed by atoms with Crippen molar-refractivity contribution in [2.75, 3.05) is 10.6 Å². The zero-order chi connectivity index (χ0) is 18.0. The molecule has 1 aliphatic rings. The summed E-state index contributed by atoms with van der Waals surface area (Å²) in [5.41, 5.74) is 1.82. The topological polar surface area (TPSA) is 67.4 Å². The van der Waals surface area contributed by atoms with Gasteiger partial charge in [0.15, 0.2) is 6.10 Å². The minimum absolute atomic E-state index is 0.226. The summed E-state index contributed by atoms with van der Waals surface area (Å²) in [6.45, 7) is 1.67. The molecule has 2 aromatic rings. The first-order valence-corrected chi connectivity index (χ1v) is 8.23. The van der Waals surface area contributed by atoms with Crippen LogP contribution >= 0.6 is 23.2 Å². The molecule has 0 aliphatic carbocycles. The van der Waals surface area contributed by atoms with E-state index in [1.807, 2.05) is 0 Å². The van der Waals surface area contributed by atoms with Gasteiger partial charge in [0.2, 0.25) is 5.91 Å². The second kappa shape index (κ2) is 7.17. The van der Waals surface area contributed by atoms with E-state index in [2.05, 4.69) is 10.6 Å². The number of hydrogen-bond donors (Lipinski definition) is 2. The Bertz CT molecular complexity index is 881. The molecule has 0 aromatic heterocycles. The molecule has 7 heteroatoms. The molecule has 0 spiro atoms. The van der Waals surface area contributed by atoms with Gasteiger partial charge in [-0.15, -0.1) is 0 Å². The molecule has 1 aliphatic heterocycles. The first-order chi connectivity index (χ1) is 11.9. The van der Waals surface area contributed by atoms with Crippen LogP contribution in [0.5, 0.6) is 5.75 Å². The van der Waals surface area contributed by atoms with Crippen LogP contribution in [0.2, 0.25) is 10.0 Å². The third-order valence-corrected chi connectivity index (χ3v) is 4.29. The lowest BCUT2D eigenvalue weighted by molar-refractivity contribution is -0.122. The molecular formula is C18H14Cl2N2O3. The number of amides is 2. The standard InChI is InChI=1S/C18H14Cl2N2O3/c1-10-18(24)22-15-9-12(4-6-16(15)25-10)21-17(23)7-3-11-2-5-13(19)14(20)8-11/h2-10H,1H3,(H,21,23)(H,22,24)/b7-3+. The van der Waals surface area contributed by atoms with Gasteiger partial charge in [-0.1, -0.05) is 29.3 Å². The van der Waals surface area contributed by atoms with E-state index in [0.29, 0.717) is 27.2 Å². The van der Waals surface area contributed by atoms with Gasteiger partial charge in [0.05, 0.1) is 15.7 Å². The maximum Gasteiger partial charge on any atom is 0.265 e. The highest BCUT2D eigenvalue weighted by Gasteiger charge is 2.23. The van der Waals surface area contributed by atoms with Gasteiger partial charge in [-0.25, -0.2) is 0 Å². The molecule has 3 rings (SSSR count). The van der Waals surface area contributed by atoms with Crippen molar-refractivity contribution in [2.24, 2.45) is 0 Å². The predicted molar refractivity (Wildman–Crippen MR) is 99.3 cm³/mol. The first-order valence-electron chi connectivity index (χ1n) is 7.48. The molecule has 1 heterocycles. The molecule has 1 atom stereocenters. The molecule has 128 valence electrons. The SMILES string of the molecule is CC1Oc2ccc(NC(=O)/C=C/c3ccc(Cl)c(Cl)c3)cc2NC1=O. The van der Waals surface area contributed by atoms with E-state index in [1.54, 1.807) is 49.4 Å². The smallest absolute Gasteiger partial charge is 0.265 e. The van der Waals surface area contributed by atoms with Crippen molar-refractivity contribution in [1.82, 2.24) is 0 Å². The number of rotatable bonds is 3. The van der Waals surface area contributed by atoms with Crippen molar-refractivity contribution < 1.29 is 14.3 Å². The highest BCUT2D eigenvalue weighted by atomic mass is 35.5. The van der Waals surface area contributed by atoms with Crippen LogP contribution in [0, 0.1) is 0 Å². The van der Waals surface area contributed by atoms with Gasteiger partial charge in [0, 0.05) is 11.8 Å². The van der Waals surface area contributed by atoms with E-state index in [4.69, 9.17) is 27.9 Å². The molecular weight excluding hydrogens is 363 g/mol. The molecule has 0 radical (unpaired) electrons. The van der Waals surface area contributed by atoms with E-state index >= 15 is 0 Å². The van der Waals surface area contributed by atoms with Crippen molar-refractivity contribution in [1.29, 1.82) is 0 Å². The van der Waals surface area contributed by atoms with Gasteiger partial charge in [-0.2, -0.15) is 0 Å². The van der Waals surface area contributed by atoms with Crippen molar-refractivity contribution >= 4 is 52.5 Å². The second-order valence-corrected chi connectivity index (χ2v) is 6.27. The molecule has 5 nitrogen and oxygen atoms in total. The Morgan fingerprint density at radius 2 is 2.00 bits per heavy atom. The summed E-state index contributed by atoms with van der Waals surface area (Å²) in [6, 6.07) is 10.1. The number of nitrogens with one attached hydrogen (secondary N) is 2. The molecule has 2 aromatic carbocycles. The average Bonchev–Trinajstić information content (AvgIpc) is 2.57. The van der Waals surface area contributed by atoms with Crippen LogP contribution in [0.25, 0.3) is 6.08 Å². The summed E-state index contributed by atoms with van der Waals surface area (Å²) in [7, 11) is 0. The van der Waals surface area contributed by atoms with Gasteiger partial charge in [0.25, 0.3) is 5.91 Å². The Morgan fingerprint density at radius 1 is 1.20 bits per heavy atom. The number of anilines is 2. The van der Waals surface area contributed by atoms with Gasteiger partial charge < -0.3 is 15.4 Å². The third-order valence-electron chi connectivity index (χ3n) is 3.55. The number of carbonyl (C=O) groups is 2. The van der Waals surface area contributed by atoms with Crippen molar-refractivity contribution in [2.45, 2.75) is 13.0 Å². The summed E-state index contributed by atoms with van der Waals surface area (Å²) in [4.78, 5) is 23.7. The lowest BCUT2D eigenvalue weighted by Crippen LogP contribution is -2.34. The van der Waals surface area contributed by atoms with Gasteiger partial charge in [-0.3, -0.25) is 9.59 Å². The van der Waals surface area contributed by atoms with Crippen LogP contribution in [0.3, 0.4) is 0 Å². The van der Waals surface area contributed by atoms with Crippen LogP contribution in [0.15, 0.2) is 42.5 Å². The van der Waals surface area contributed by atoms with Gasteiger partial charge in [-0.05, 0) is 48.9 Å². The third kappa shape index (κ3) is 4.13. The van der Waals surface area contributed by atoms with Crippen molar-refractivity contribution in [3.8, 4) is 5.75 Å². The van der Waals surface area contributed by atoms with Crippen molar-refractivity contribution in [3.05, 3.63) is 58.1 Å². The fraction of sp³-hybridized carbons (Fsp3) is 0.111. The van der Waals surface area contributed by atoms with Gasteiger partial charge in [0.1, 0.15) is 5.75 Å². The Labute approximate surface area is 154 Å². The molecule has 1 unspecified atom stereocenters. The number of fused-ring (bicyclic) bond motifs is 1. The highest BCUT2D eigenvalue weighted by molar-refractivity contribution is 6.42. The van der Waals surface area contributed by atoms with Crippen LogP contribution in [0.1, 0.15) is 12.5 Å². The minimum Gasteiger partial charge on any atom is -0.479 e. The number of benzene rings is 2. The average molecular weight is 377 g/mol. The quantitative estimate of drug-likeness (QED) is 0.781.